The van der Waals surface area contributed by atoms with E-state index >= 15 is 0 Å². The van der Waals surface area contributed by atoms with Gasteiger partial charge in [0, 0.05) is 6.04 Å². The molecule has 15 heavy (non-hydrogen) atoms. The second-order valence-corrected chi connectivity index (χ2v) is 5.01. The molecule has 1 heterocycles. The molecule has 0 aromatic heterocycles. The SMILES string of the molecule is CCCCCCCC(CC1CO1)N(C)C. The Hall–Kier alpha value is -0.0800. The fourth-order valence-corrected chi connectivity index (χ4v) is 2.08. The standard InChI is InChI=1S/C13H27NO/c1-4-5-6-7-8-9-12(14(2)3)10-13-11-15-13/h12-13H,4-11H2,1-3H3. The maximum Gasteiger partial charge on any atom is 0.0824 e. The largest absolute Gasteiger partial charge is 0.373 e. The van der Waals surface area contributed by atoms with E-state index in [1.165, 1.54) is 44.9 Å². The molecule has 90 valence electrons. The van der Waals surface area contributed by atoms with Crippen LogP contribution in [0.25, 0.3) is 0 Å². The van der Waals surface area contributed by atoms with Crippen LogP contribution in [0.15, 0.2) is 0 Å². The van der Waals surface area contributed by atoms with Crippen LogP contribution in [0.2, 0.25) is 0 Å². The van der Waals surface area contributed by atoms with Crippen molar-refractivity contribution in [2.75, 3.05) is 20.7 Å². The lowest BCUT2D eigenvalue weighted by molar-refractivity contribution is 0.235. The van der Waals surface area contributed by atoms with Crippen LogP contribution in [-0.4, -0.2) is 37.7 Å². The minimum atomic E-state index is 0.577. The van der Waals surface area contributed by atoms with Gasteiger partial charge >= 0.3 is 0 Å². The maximum atomic E-state index is 5.31. The van der Waals surface area contributed by atoms with Crippen LogP contribution in [0.1, 0.15) is 51.9 Å². The molecule has 1 rings (SSSR count). The van der Waals surface area contributed by atoms with Crippen molar-refractivity contribution < 1.29 is 4.74 Å². The molecule has 2 unspecified atom stereocenters. The lowest BCUT2D eigenvalue weighted by Gasteiger charge is -2.23. The van der Waals surface area contributed by atoms with Crippen LogP contribution < -0.4 is 0 Å². The second kappa shape index (κ2) is 7.24. The highest BCUT2D eigenvalue weighted by Gasteiger charge is 2.27. The summed E-state index contributed by atoms with van der Waals surface area (Å²) in [7, 11) is 4.39. The Bertz CT molecular complexity index is 155. The van der Waals surface area contributed by atoms with Gasteiger partial charge in [-0.15, -0.1) is 0 Å². The molecular weight excluding hydrogens is 186 g/mol. The molecule has 2 heteroatoms. The average Bonchev–Trinajstić information content (AvgIpc) is 2.99. The van der Waals surface area contributed by atoms with Gasteiger partial charge in [-0.05, 0) is 26.9 Å². The molecule has 0 amide bonds. The van der Waals surface area contributed by atoms with Crippen molar-refractivity contribution in [2.24, 2.45) is 0 Å². The van der Waals surface area contributed by atoms with Gasteiger partial charge in [0.05, 0.1) is 12.7 Å². The Balaban J connectivity index is 2.02. The fourth-order valence-electron chi connectivity index (χ4n) is 2.08. The first-order valence-corrected chi connectivity index (χ1v) is 6.52. The van der Waals surface area contributed by atoms with Gasteiger partial charge < -0.3 is 9.64 Å². The Morgan fingerprint density at radius 2 is 1.87 bits per heavy atom. The Morgan fingerprint density at radius 3 is 2.40 bits per heavy atom. The lowest BCUT2D eigenvalue weighted by atomic mass is 10.0. The van der Waals surface area contributed by atoms with Gasteiger partial charge in [-0.3, -0.25) is 0 Å². The molecule has 0 bridgehead atoms. The second-order valence-electron chi connectivity index (χ2n) is 5.01. The van der Waals surface area contributed by atoms with Crippen molar-refractivity contribution >= 4 is 0 Å². The summed E-state index contributed by atoms with van der Waals surface area (Å²) in [5.41, 5.74) is 0. The average molecular weight is 213 g/mol. The third-order valence-electron chi connectivity index (χ3n) is 3.31. The van der Waals surface area contributed by atoms with Gasteiger partial charge in [-0.2, -0.15) is 0 Å². The van der Waals surface area contributed by atoms with E-state index in [1.54, 1.807) is 0 Å². The molecule has 0 aromatic carbocycles. The summed E-state index contributed by atoms with van der Waals surface area (Å²) in [6.07, 6.45) is 10.1. The van der Waals surface area contributed by atoms with E-state index in [2.05, 4.69) is 25.9 Å². The molecule has 1 saturated heterocycles. The molecule has 0 radical (unpaired) electrons. The van der Waals surface area contributed by atoms with Crippen molar-refractivity contribution in [2.45, 2.75) is 64.0 Å². The highest BCUT2D eigenvalue weighted by atomic mass is 16.6. The Labute approximate surface area is 95.0 Å². The van der Waals surface area contributed by atoms with E-state index in [-0.39, 0.29) is 0 Å². The van der Waals surface area contributed by atoms with Crippen LogP contribution in [-0.2, 0) is 4.74 Å². The third-order valence-corrected chi connectivity index (χ3v) is 3.31. The van der Waals surface area contributed by atoms with E-state index in [1.807, 2.05) is 0 Å². The summed E-state index contributed by atoms with van der Waals surface area (Å²) in [6, 6.07) is 0.735. The highest BCUT2D eigenvalue weighted by Crippen LogP contribution is 2.21. The molecule has 1 fully saturated rings. The van der Waals surface area contributed by atoms with Crippen LogP contribution in [0, 0.1) is 0 Å². The van der Waals surface area contributed by atoms with E-state index in [4.69, 9.17) is 4.74 Å². The summed E-state index contributed by atoms with van der Waals surface area (Å²) in [5, 5.41) is 0. The lowest BCUT2D eigenvalue weighted by Crippen LogP contribution is -2.29. The van der Waals surface area contributed by atoms with Gasteiger partial charge in [0.1, 0.15) is 0 Å². The van der Waals surface area contributed by atoms with Crippen LogP contribution in [0.5, 0.6) is 0 Å². The molecule has 0 N–H and O–H groups in total. The number of rotatable bonds is 9. The molecule has 0 aromatic rings. The first-order valence-electron chi connectivity index (χ1n) is 6.52. The molecule has 0 aliphatic carbocycles. The first-order chi connectivity index (χ1) is 7.24. The Kier molecular flexibility index (Phi) is 6.26. The molecule has 2 nitrogen and oxygen atoms in total. The Morgan fingerprint density at radius 1 is 1.20 bits per heavy atom. The zero-order valence-electron chi connectivity index (χ0n) is 10.7. The summed E-state index contributed by atoms with van der Waals surface area (Å²) in [4.78, 5) is 2.36. The number of hydrogen-bond donors (Lipinski definition) is 0. The first kappa shape index (κ1) is 13.0. The summed E-state index contributed by atoms with van der Waals surface area (Å²) < 4.78 is 5.31. The maximum absolute atomic E-state index is 5.31. The number of nitrogens with zero attached hydrogens (tertiary/aromatic N) is 1. The van der Waals surface area contributed by atoms with Gasteiger partial charge in [0.25, 0.3) is 0 Å². The zero-order valence-corrected chi connectivity index (χ0v) is 10.7. The topological polar surface area (TPSA) is 15.8 Å². The molecular formula is C13H27NO. The number of epoxide rings is 1. The molecule has 1 aliphatic rings. The minimum absolute atomic E-state index is 0.577. The van der Waals surface area contributed by atoms with Gasteiger partial charge in [0.15, 0.2) is 0 Å². The highest BCUT2D eigenvalue weighted by molar-refractivity contribution is 4.78. The molecule has 2 atom stereocenters. The zero-order chi connectivity index (χ0) is 11.1. The fraction of sp³-hybridized carbons (Fsp3) is 1.00. The van der Waals surface area contributed by atoms with Crippen LogP contribution >= 0.6 is 0 Å². The molecule has 0 spiro atoms. The van der Waals surface area contributed by atoms with E-state index in [9.17, 15) is 0 Å². The smallest absolute Gasteiger partial charge is 0.0824 e. The monoisotopic (exact) mass is 213 g/mol. The number of ether oxygens (including phenoxy) is 1. The normalized spacial score (nSPS) is 22.0. The number of unbranched alkanes of at least 4 members (excludes halogenated alkanes) is 4. The molecule has 1 aliphatic heterocycles. The van der Waals surface area contributed by atoms with Gasteiger partial charge in [0.2, 0.25) is 0 Å². The van der Waals surface area contributed by atoms with Crippen molar-refractivity contribution in [3.05, 3.63) is 0 Å². The van der Waals surface area contributed by atoms with Gasteiger partial charge in [-0.1, -0.05) is 39.0 Å². The minimum Gasteiger partial charge on any atom is -0.373 e. The third kappa shape index (κ3) is 6.16. The van der Waals surface area contributed by atoms with E-state index < -0.39 is 0 Å². The summed E-state index contributed by atoms with van der Waals surface area (Å²) in [6.45, 7) is 3.27. The predicted molar refractivity (Wildman–Crippen MR) is 65.2 cm³/mol. The number of hydrogen-bond acceptors (Lipinski definition) is 2. The van der Waals surface area contributed by atoms with Crippen LogP contribution in [0.4, 0.5) is 0 Å². The molecule has 0 saturated carbocycles. The van der Waals surface area contributed by atoms with Gasteiger partial charge in [-0.25, -0.2) is 0 Å². The van der Waals surface area contributed by atoms with E-state index in [0.717, 1.165) is 12.6 Å². The van der Waals surface area contributed by atoms with E-state index in [0.29, 0.717) is 6.10 Å². The van der Waals surface area contributed by atoms with Crippen molar-refractivity contribution in [3.63, 3.8) is 0 Å². The summed E-state index contributed by atoms with van der Waals surface area (Å²) in [5.74, 6) is 0. The summed E-state index contributed by atoms with van der Waals surface area (Å²) >= 11 is 0. The van der Waals surface area contributed by atoms with Crippen molar-refractivity contribution in [1.29, 1.82) is 0 Å². The quantitative estimate of drug-likeness (QED) is 0.432. The van der Waals surface area contributed by atoms with Crippen molar-refractivity contribution in [1.82, 2.24) is 4.90 Å². The predicted octanol–water partition coefficient (Wildman–Crippen LogP) is 3.07. The van der Waals surface area contributed by atoms with Crippen LogP contribution in [0.3, 0.4) is 0 Å². The van der Waals surface area contributed by atoms with Crippen molar-refractivity contribution in [3.8, 4) is 0 Å².